The van der Waals surface area contributed by atoms with E-state index in [4.69, 9.17) is 0 Å². The third kappa shape index (κ3) is 6.42. The van der Waals surface area contributed by atoms with E-state index in [9.17, 15) is 8.42 Å². The summed E-state index contributed by atoms with van der Waals surface area (Å²) >= 11 is 0. The molecule has 84 valence electrons. The number of benzene rings is 1. The molecule has 0 aliphatic rings. The third-order valence-corrected chi connectivity index (χ3v) is 2.37. The molecule has 0 atom stereocenters. The molecule has 0 N–H and O–H groups in total. The van der Waals surface area contributed by atoms with Crippen molar-refractivity contribution in [3.63, 3.8) is 0 Å². The van der Waals surface area contributed by atoms with Gasteiger partial charge in [0.2, 0.25) is 0 Å². The molecular weight excluding hydrogens is 239 g/mol. The topological polar surface area (TPSA) is 52.6 Å². The van der Waals surface area contributed by atoms with Crippen LogP contribution in [0.3, 0.4) is 0 Å². The van der Waals surface area contributed by atoms with Crippen LogP contribution in [0.2, 0.25) is 0 Å². The van der Waals surface area contributed by atoms with Crippen LogP contribution in [0.4, 0.5) is 0 Å². The normalized spacial score (nSPS) is 10.5. The summed E-state index contributed by atoms with van der Waals surface area (Å²) in [6.45, 7) is 3.22. The van der Waals surface area contributed by atoms with Crippen molar-refractivity contribution >= 4 is 10.4 Å². The minimum absolute atomic E-state index is 0. The number of hydrogen-bond acceptors (Lipinski definition) is 4. The smallest absolute Gasteiger partial charge is 1.00 e. The maximum absolute atomic E-state index is 11.1. The van der Waals surface area contributed by atoms with Gasteiger partial charge in [-0.2, -0.15) is 8.42 Å². The third-order valence-electron chi connectivity index (χ3n) is 1.54. The van der Waals surface area contributed by atoms with E-state index in [2.05, 4.69) is 14.9 Å². The largest absolute Gasteiger partial charge is 1.00 e. The molecule has 0 spiro atoms. The van der Waals surface area contributed by atoms with Gasteiger partial charge in [0.05, 0.1) is 13.2 Å². The van der Waals surface area contributed by atoms with Crippen LogP contribution < -0.4 is 29.6 Å². The van der Waals surface area contributed by atoms with Crippen LogP contribution in [-0.4, -0.2) is 15.0 Å². The van der Waals surface area contributed by atoms with Crippen LogP contribution in [0.25, 0.3) is 0 Å². The summed E-state index contributed by atoms with van der Waals surface area (Å²) in [6.07, 6.45) is 1.34. The fourth-order valence-electron chi connectivity index (χ4n) is 0.880. The van der Waals surface area contributed by atoms with Gasteiger partial charge in [0, 0.05) is 0 Å². The van der Waals surface area contributed by atoms with Gasteiger partial charge in [-0.3, -0.25) is 0 Å². The van der Waals surface area contributed by atoms with Gasteiger partial charge in [0.1, 0.15) is 0 Å². The molecule has 1 aromatic rings. The van der Waals surface area contributed by atoms with Crippen LogP contribution in [0.1, 0.15) is 6.99 Å². The predicted molar refractivity (Wildman–Crippen MR) is 57.4 cm³/mol. The van der Waals surface area contributed by atoms with Gasteiger partial charge in [0.15, 0.2) is 0 Å². The van der Waals surface area contributed by atoms with E-state index in [1.165, 1.54) is 6.08 Å². The standard InChI is InChI=1S/C10H12O4S.Na.H/c1-2-8-13-15(11,12)14-9-10-6-4-3-5-7-10;;/h2-7H,1,8-9H2;;/q;+1;-1. The van der Waals surface area contributed by atoms with Gasteiger partial charge in [-0.15, -0.1) is 6.58 Å². The maximum atomic E-state index is 11.1. The molecule has 0 radical (unpaired) electrons. The molecule has 0 fully saturated rings. The minimum atomic E-state index is -3.91. The molecule has 4 nitrogen and oxygen atoms in total. The molecule has 0 bridgehead atoms. The van der Waals surface area contributed by atoms with Crippen molar-refractivity contribution in [3.8, 4) is 0 Å². The first-order valence-corrected chi connectivity index (χ1v) is 5.66. The van der Waals surface area contributed by atoms with Crippen LogP contribution in [0.15, 0.2) is 43.0 Å². The van der Waals surface area contributed by atoms with Crippen molar-refractivity contribution in [3.05, 3.63) is 48.6 Å². The maximum Gasteiger partial charge on any atom is 1.00 e. The first kappa shape index (κ1) is 15.8. The van der Waals surface area contributed by atoms with E-state index >= 15 is 0 Å². The Morgan fingerprint density at radius 2 is 1.88 bits per heavy atom. The molecule has 0 unspecified atom stereocenters. The van der Waals surface area contributed by atoms with E-state index in [1.807, 2.05) is 6.07 Å². The Kier molecular flexibility index (Phi) is 7.91. The van der Waals surface area contributed by atoms with Gasteiger partial charge in [-0.1, -0.05) is 36.4 Å². The number of hydrogen-bond donors (Lipinski definition) is 0. The molecule has 16 heavy (non-hydrogen) atoms. The molecule has 0 amide bonds. The summed E-state index contributed by atoms with van der Waals surface area (Å²) in [5.41, 5.74) is 0.767. The van der Waals surface area contributed by atoms with Gasteiger partial charge >= 0.3 is 40.0 Å². The quantitative estimate of drug-likeness (QED) is 0.470. The van der Waals surface area contributed by atoms with Crippen molar-refractivity contribution in [2.45, 2.75) is 6.61 Å². The first-order chi connectivity index (χ1) is 7.14. The van der Waals surface area contributed by atoms with E-state index in [-0.39, 0.29) is 44.2 Å². The molecule has 0 heterocycles. The summed E-state index contributed by atoms with van der Waals surface area (Å²) in [7, 11) is -3.91. The molecule has 6 heteroatoms. The zero-order valence-corrected chi connectivity index (χ0v) is 11.9. The van der Waals surface area contributed by atoms with Gasteiger partial charge in [0.25, 0.3) is 0 Å². The Morgan fingerprint density at radius 1 is 1.25 bits per heavy atom. The Hall–Kier alpha value is -0.170. The summed E-state index contributed by atoms with van der Waals surface area (Å²) < 4.78 is 31.2. The summed E-state index contributed by atoms with van der Waals surface area (Å²) in [5, 5.41) is 0. The molecule has 1 rings (SSSR count). The minimum Gasteiger partial charge on any atom is -1.00 e. The van der Waals surface area contributed by atoms with Crippen molar-refractivity contribution in [2.24, 2.45) is 0 Å². The zero-order valence-electron chi connectivity index (χ0n) is 10.1. The van der Waals surface area contributed by atoms with Gasteiger partial charge in [-0.05, 0) is 5.56 Å². The van der Waals surface area contributed by atoms with Gasteiger partial charge < -0.3 is 1.43 Å². The summed E-state index contributed by atoms with van der Waals surface area (Å²) in [6, 6.07) is 8.98. The van der Waals surface area contributed by atoms with Crippen molar-refractivity contribution < 1.29 is 47.8 Å². The SMILES string of the molecule is C=CCOS(=O)(=O)OCc1ccccc1.[H-].[Na+]. The summed E-state index contributed by atoms with van der Waals surface area (Å²) in [4.78, 5) is 0. The predicted octanol–water partition coefficient (Wildman–Crippen LogP) is -1.23. The van der Waals surface area contributed by atoms with Crippen LogP contribution >= 0.6 is 0 Å². The number of rotatable bonds is 6. The van der Waals surface area contributed by atoms with Crippen molar-refractivity contribution in [2.75, 3.05) is 6.61 Å². The average molecular weight is 252 g/mol. The second kappa shape index (κ2) is 8.00. The van der Waals surface area contributed by atoms with Crippen molar-refractivity contribution in [1.29, 1.82) is 0 Å². The van der Waals surface area contributed by atoms with Gasteiger partial charge in [-0.25, -0.2) is 8.37 Å². The van der Waals surface area contributed by atoms with E-state index in [0.717, 1.165) is 5.56 Å². The molecule has 0 aromatic heterocycles. The Morgan fingerprint density at radius 3 is 2.44 bits per heavy atom. The van der Waals surface area contributed by atoms with E-state index < -0.39 is 10.4 Å². The molecular formula is C10H13NaO4S. The fourth-order valence-corrected chi connectivity index (χ4v) is 1.49. The van der Waals surface area contributed by atoms with E-state index in [0.29, 0.717) is 0 Å². The summed E-state index contributed by atoms with van der Waals surface area (Å²) in [5.74, 6) is 0. The zero-order chi connectivity index (χ0) is 11.1. The Labute approximate surface area is 119 Å². The van der Waals surface area contributed by atoms with Crippen LogP contribution in [0.5, 0.6) is 0 Å². The molecule has 0 aliphatic heterocycles. The van der Waals surface area contributed by atoms with Crippen LogP contribution in [0, 0.1) is 0 Å². The van der Waals surface area contributed by atoms with Crippen molar-refractivity contribution in [1.82, 2.24) is 0 Å². The monoisotopic (exact) mass is 252 g/mol. The molecule has 1 aromatic carbocycles. The Balaban J connectivity index is 0. The van der Waals surface area contributed by atoms with Crippen LogP contribution in [-0.2, 0) is 25.4 Å². The molecule has 0 saturated carbocycles. The average Bonchev–Trinajstić information content (AvgIpc) is 2.25. The second-order valence-corrected chi connectivity index (χ2v) is 4.02. The first-order valence-electron chi connectivity index (χ1n) is 4.32. The fraction of sp³-hybridized carbons (Fsp3) is 0.200. The van der Waals surface area contributed by atoms with E-state index in [1.54, 1.807) is 24.3 Å². The molecule has 0 saturated heterocycles. The molecule has 0 aliphatic carbocycles. The second-order valence-electron chi connectivity index (χ2n) is 2.73. The Bertz CT molecular complexity index is 408.